The molecule has 0 unspecified atom stereocenters. The number of imidazole rings is 2. The van der Waals surface area contributed by atoms with Crippen molar-refractivity contribution in [2.45, 2.75) is 13.5 Å². The van der Waals surface area contributed by atoms with Crippen LogP contribution in [0.1, 0.15) is 11.5 Å². The fraction of sp³-hybridized carbons (Fsp3) is 0.143. The number of hydrogen-bond acceptors (Lipinski definition) is 4. The van der Waals surface area contributed by atoms with Gasteiger partial charge < -0.3 is 9.13 Å². The van der Waals surface area contributed by atoms with E-state index in [0.717, 1.165) is 17.2 Å². The van der Waals surface area contributed by atoms with Crippen LogP contribution in [0.15, 0.2) is 49.2 Å². The zero-order valence-electron chi connectivity index (χ0n) is 11.4. The van der Waals surface area contributed by atoms with E-state index in [-0.39, 0.29) is 5.69 Å². The highest BCUT2D eigenvalue weighted by Gasteiger charge is 2.07. The minimum atomic E-state index is -0.412. The summed E-state index contributed by atoms with van der Waals surface area (Å²) in [5, 5.41) is 10.6. The molecule has 3 rings (SSSR count). The Morgan fingerprint density at radius 3 is 2.62 bits per heavy atom. The van der Waals surface area contributed by atoms with Gasteiger partial charge in [-0.1, -0.05) is 0 Å². The zero-order valence-corrected chi connectivity index (χ0v) is 11.4. The van der Waals surface area contributed by atoms with E-state index in [2.05, 4.69) is 9.97 Å². The zero-order chi connectivity index (χ0) is 14.8. The lowest BCUT2D eigenvalue weighted by molar-refractivity contribution is -0.384. The van der Waals surface area contributed by atoms with Crippen LogP contribution < -0.4 is 0 Å². The Balaban J connectivity index is 1.81. The minimum absolute atomic E-state index is 0.0770. The van der Waals surface area contributed by atoms with Crippen LogP contribution in [0.2, 0.25) is 0 Å². The minimum Gasteiger partial charge on any atom is -0.329 e. The molecule has 2 heterocycles. The Labute approximate surface area is 120 Å². The SMILES string of the molecule is Cc1nccn1Cc1cn(-c2ccc([N+](=O)[O-])cc2)cn1. The second kappa shape index (κ2) is 5.20. The first-order valence-corrected chi connectivity index (χ1v) is 6.39. The van der Waals surface area contributed by atoms with E-state index < -0.39 is 4.92 Å². The number of nitro benzene ring substituents is 1. The van der Waals surface area contributed by atoms with Crippen molar-refractivity contribution in [2.75, 3.05) is 0 Å². The molecule has 0 aliphatic rings. The van der Waals surface area contributed by atoms with E-state index in [0.29, 0.717) is 6.54 Å². The molecule has 0 radical (unpaired) electrons. The number of aryl methyl sites for hydroxylation is 1. The molecular weight excluding hydrogens is 270 g/mol. The highest BCUT2D eigenvalue weighted by Crippen LogP contribution is 2.15. The normalized spacial score (nSPS) is 10.7. The van der Waals surface area contributed by atoms with Crippen LogP contribution in [0, 0.1) is 17.0 Å². The van der Waals surface area contributed by atoms with Gasteiger partial charge in [-0.3, -0.25) is 10.1 Å². The third-order valence-electron chi connectivity index (χ3n) is 3.25. The topological polar surface area (TPSA) is 78.8 Å². The standard InChI is InChI=1S/C14H13N5O2/c1-11-15-6-7-17(11)8-12-9-18(10-16-12)13-2-4-14(5-3-13)19(20)21/h2-7,9-10H,8H2,1H3. The van der Waals surface area contributed by atoms with Gasteiger partial charge in [-0.15, -0.1) is 0 Å². The number of nitro groups is 1. The first-order valence-electron chi connectivity index (χ1n) is 6.39. The summed E-state index contributed by atoms with van der Waals surface area (Å²) in [4.78, 5) is 18.7. The molecule has 7 heteroatoms. The maximum atomic E-state index is 10.6. The van der Waals surface area contributed by atoms with E-state index >= 15 is 0 Å². The molecule has 0 aliphatic carbocycles. The number of rotatable bonds is 4. The monoisotopic (exact) mass is 283 g/mol. The summed E-state index contributed by atoms with van der Waals surface area (Å²) in [7, 11) is 0. The molecule has 0 bridgehead atoms. The van der Waals surface area contributed by atoms with Gasteiger partial charge in [0.25, 0.3) is 5.69 Å². The van der Waals surface area contributed by atoms with E-state index in [4.69, 9.17) is 0 Å². The van der Waals surface area contributed by atoms with Crippen molar-refractivity contribution in [2.24, 2.45) is 0 Å². The van der Waals surface area contributed by atoms with E-state index in [9.17, 15) is 10.1 Å². The van der Waals surface area contributed by atoms with Crippen LogP contribution in [0.5, 0.6) is 0 Å². The number of nitrogens with zero attached hydrogens (tertiary/aromatic N) is 5. The van der Waals surface area contributed by atoms with Gasteiger partial charge in [-0.05, 0) is 19.1 Å². The van der Waals surface area contributed by atoms with Crippen molar-refractivity contribution in [1.29, 1.82) is 0 Å². The molecule has 0 spiro atoms. The fourth-order valence-corrected chi connectivity index (χ4v) is 2.08. The van der Waals surface area contributed by atoms with Crippen molar-refractivity contribution in [3.05, 3.63) is 70.8 Å². The Morgan fingerprint density at radius 1 is 1.24 bits per heavy atom. The molecular formula is C14H13N5O2. The summed E-state index contributed by atoms with van der Waals surface area (Å²) in [6.07, 6.45) is 7.26. The summed E-state index contributed by atoms with van der Waals surface area (Å²) in [5.41, 5.74) is 1.81. The lowest BCUT2D eigenvalue weighted by atomic mass is 10.3. The molecule has 0 atom stereocenters. The van der Waals surface area contributed by atoms with Crippen LogP contribution >= 0.6 is 0 Å². The molecule has 3 aromatic rings. The van der Waals surface area contributed by atoms with Gasteiger partial charge in [0, 0.05) is 36.4 Å². The lowest BCUT2D eigenvalue weighted by Crippen LogP contribution is -2.00. The third kappa shape index (κ3) is 2.66. The molecule has 21 heavy (non-hydrogen) atoms. The van der Waals surface area contributed by atoms with Gasteiger partial charge >= 0.3 is 0 Å². The average Bonchev–Trinajstić information content (AvgIpc) is 3.10. The lowest BCUT2D eigenvalue weighted by Gasteiger charge is -2.02. The van der Waals surface area contributed by atoms with Gasteiger partial charge in [0.2, 0.25) is 0 Å². The van der Waals surface area contributed by atoms with Crippen LogP contribution in [-0.2, 0) is 6.54 Å². The first kappa shape index (κ1) is 13.0. The Morgan fingerprint density at radius 2 is 2.00 bits per heavy atom. The molecule has 2 aromatic heterocycles. The summed E-state index contributed by atoms with van der Waals surface area (Å²) in [5.74, 6) is 0.930. The van der Waals surface area contributed by atoms with Crippen LogP contribution in [-0.4, -0.2) is 24.0 Å². The fourth-order valence-electron chi connectivity index (χ4n) is 2.08. The third-order valence-corrected chi connectivity index (χ3v) is 3.25. The molecule has 1 aromatic carbocycles. The predicted octanol–water partition coefficient (Wildman–Crippen LogP) is 2.33. The number of aromatic nitrogens is 4. The smallest absolute Gasteiger partial charge is 0.269 e. The van der Waals surface area contributed by atoms with Crippen molar-refractivity contribution in [3.63, 3.8) is 0 Å². The molecule has 0 N–H and O–H groups in total. The van der Waals surface area contributed by atoms with Crippen LogP contribution in [0.3, 0.4) is 0 Å². The average molecular weight is 283 g/mol. The predicted molar refractivity (Wildman–Crippen MR) is 76.3 cm³/mol. The molecule has 0 fully saturated rings. The maximum Gasteiger partial charge on any atom is 0.269 e. The Bertz CT molecular complexity index is 773. The Kier molecular flexibility index (Phi) is 3.23. The molecule has 7 nitrogen and oxygen atoms in total. The Hall–Kier alpha value is -2.96. The highest BCUT2D eigenvalue weighted by atomic mass is 16.6. The van der Waals surface area contributed by atoms with Crippen LogP contribution in [0.25, 0.3) is 5.69 Å². The summed E-state index contributed by atoms with van der Waals surface area (Å²) >= 11 is 0. The highest BCUT2D eigenvalue weighted by molar-refractivity contribution is 5.41. The van der Waals surface area contributed by atoms with E-state index in [1.54, 1.807) is 24.7 Å². The first-order chi connectivity index (χ1) is 10.1. The molecule has 0 saturated carbocycles. The number of benzene rings is 1. The van der Waals surface area contributed by atoms with Crippen LogP contribution in [0.4, 0.5) is 5.69 Å². The largest absolute Gasteiger partial charge is 0.329 e. The van der Waals surface area contributed by atoms with Gasteiger partial charge in [0.1, 0.15) is 5.82 Å². The molecule has 106 valence electrons. The van der Waals surface area contributed by atoms with Crippen molar-refractivity contribution < 1.29 is 4.92 Å². The van der Waals surface area contributed by atoms with Gasteiger partial charge in [0.15, 0.2) is 0 Å². The summed E-state index contributed by atoms with van der Waals surface area (Å²) < 4.78 is 3.84. The summed E-state index contributed by atoms with van der Waals surface area (Å²) in [6, 6.07) is 6.36. The maximum absolute atomic E-state index is 10.6. The second-order valence-corrected chi connectivity index (χ2v) is 4.65. The quantitative estimate of drug-likeness (QED) is 0.543. The molecule has 0 saturated heterocycles. The van der Waals surface area contributed by atoms with Gasteiger partial charge in [0.05, 0.1) is 23.5 Å². The summed E-state index contributed by atoms with van der Waals surface area (Å²) in [6.45, 7) is 2.58. The van der Waals surface area contributed by atoms with Crippen molar-refractivity contribution in [1.82, 2.24) is 19.1 Å². The molecule has 0 aliphatic heterocycles. The van der Waals surface area contributed by atoms with E-state index in [1.165, 1.54) is 12.1 Å². The van der Waals surface area contributed by atoms with E-state index in [1.807, 2.05) is 28.5 Å². The number of non-ortho nitro benzene ring substituents is 1. The molecule has 0 amide bonds. The van der Waals surface area contributed by atoms with Gasteiger partial charge in [-0.25, -0.2) is 9.97 Å². The van der Waals surface area contributed by atoms with Crippen molar-refractivity contribution >= 4 is 5.69 Å². The number of hydrogen-bond donors (Lipinski definition) is 0. The second-order valence-electron chi connectivity index (χ2n) is 4.65. The van der Waals surface area contributed by atoms with Gasteiger partial charge in [-0.2, -0.15) is 0 Å². The van der Waals surface area contributed by atoms with Crippen molar-refractivity contribution in [3.8, 4) is 5.69 Å².